The third-order valence-corrected chi connectivity index (χ3v) is 6.96. The number of aliphatic hydroxyl groups excluding tert-OH is 1. The van der Waals surface area contributed by atoms with Crippen molar-refractivity contribution in [3.8, 4) is 0 Å². The van der Waals surface area contributed by atoms with Crippen molar-refractivity contribution in [2.75, 3.05) is 35.3 Å². The lowest BCUT2D eigenvalue weighted by Crippen LogP contribution is -2.27. The highest BCUT2D eigenvalue weighted by atomic mass is 32.2. The van der Waals surface area contributed by atoms with Gasteiger partial charge in [0.05, 0.1) is 17.5 Å². The number of unbranched alkanes of at least 4 members (excludes halogenated alkanes) is 4. The molecule has 0 radical (unpaired) electrons. The van der Waals surface area contributed by atoms with Crippen molar-refractivity contribution >= 4 is 39.1 Å². The van der Waals surface area contributed by atoms with Gasteiger partial charge in [-0.25, -0.2) is 8.42 Å². The van der Waals surface area contributed by atoms with Gasteiger partial charge in [0.25, 0.3) is 5.91 Å². The summed E-state index contributed by atoms with van der Waals surface area (Å²) >= 11 is 1.78. The summed E-state index contributed by atoms with van der Waals surface area (Å²) in [6, 6.07) is 14.3. The fourth-order valence-corrected chi connectivity index (χ4v) is 4.32. The largest absolute Gasteiger partial charge is 0.396 e. The topological polar surface area (TPSA) is 86.7 Å². The summed E-state index contributed by atoms with van der Waals surface area (Å²) in [4.78, 5) is 13.9. The van der Waals surface area contributed by atoms with Crippen LogP contribution in [-0.4, -0.2) is 45.1 Å². The lowest BCUT2D eigenvalue weighted by molar-refractivity contribution is 0.102. The Morgan fingerprint density at radius 1 is 1.00 bits per heavy atom. The summed E-state index contributed by atoms with van der Waals surface area (Å²) in [5.41, 5.74) is 1.29. The molecule has 0 atom stereocenters. The summed E-state index contributed by atoms with van der Waals surface area (Å²) < 4.78 is 24.8. The van der Waals surface area contributed by atoms with Gasteiger partial charge in [-0.3, -0.25) is 9.10 Å². The van der Waals surface area contributed by atoms with Crippen molar-refractivity contribution in [2.24, 2.45) is 0 Å². The van der Waals surface area contributed by atoms with Crippen LogP contribution in [0.3, 0.4) is 0 Å². The van der Waals surface area contributed by atoms with Gasteiger partial charge in [0, 0.05) is 24.2 Å². The minimum Gasteiger partial charge on any atom is -0.396 e. The molecule has 2 N–H and O–H groups in total. The first-order valence-electron chi connectivity index (χ1n) is 10.0. The summed E-state index contributed by atoms with van der Waals surface area (Å²) in [5, 5.41) is 11.6. The number of anilines is 2. The van der Waals surface area contributed by atoms with Crippen molar-refractivity contribution in [3.05, 3.63) is 54.1 Å². The molecule has 0 aliphatic heterocycles. The third kappa shape index (κ3) is 7.66. The molecule has 1 amide bonds. The SMILES string of the molecule is CN(c1ccccc1C(=O)Nc1ccc(SCCCCCCCO)cc1)S(C)(=O)=O. The Balaban J connectivity index is 1.91. The second-order valence-electron chi connectivity index (χ2n) is 7.07. The Morgan fingerprint density at radius 3 is 2.30 bits per heavy atom. The standard InChI is InChI=1S/C22H30N2O4S2/c1-24(30(2,27)28)21-11-7-6-10-20(21)22(26)23-18-12-14-19(15-13-18)29-17-9-5-3-4-8-16-25/h6-7,10-15,25H,3-5,8-9,16-17H2,1-2H3,(H,23,26). The minimum absolute atomic E-state index is 0.275. The average molecular weight is 451 g/mol. The molecule has 30 heavy (non-hydrogen) atoms. The van der Waals surface area contributed by atoms with Crippen LogP contribution in [0.25, 0.3) is 0 Å². The average Bonchev–Trinajstić information content (AvgIpc) is 2.73. The van der Waals surface area contributed by atoms with E-state index < -0.39 is 10.0 Å². The highest BCUT2D eigenvalue weighted by Crippen LogP contribution is 2.25. The fraction of sp³-hybridized carbons (Fsp3) is 0.409. The van der Waals surface area contributed by atoms with Gasteiger partial charge in [0.2, 0.25) is 10.0 Å². The summed E-state index contributed by atoms with van der Waals surface area (Å²) in [7, 11) is -2.04. The number of amides is 1. The highest BCUT2D eigenvalue weighted by molar-refractivity contribution is 7.99. The number of hydrogen-bond donors (Lipinski definition) is 2. The van der Waals surface area contributed by atoms with E-state index in [0.29, 0.717) is 16.9 Å². The predicted molar refractivity (Wildman–Crippen MR) is 125 cm³/mol. The van der Waals surface area contributed by atoms with E-state index >= 15 is 0 Å². The van der Waals surface area contributed by atoms with E-state index in [0.717, 1.165) is 46.9 Å². The quantitative estimate of drug-likeness (QED) is 0.370. The number of thioether (sulfide) groups is 1. The van der Waals surface area contributed by atoms with Crippen LogP contribution in [0.2, 0.25) is 0 Å². The first-order valence-corrected chi connectivity index (χ1v) is 12.8. The number of carbonyl (C=O) groups excluding carboxylic acids is 1. The van der Waals surface area contributed by atoms with Crippen molar-refractivity contribution in [2.45, 2.75) is 37.0 Å². The number of benzene rings is 2. The molecule has 0 heterocycles. The van der Waals surface area contributed by atoms with Crippen molar-refractivity contribution in [1.29, 1.82) is 0 Å². The van der Waals surface area contributed by atoms with Crippen LogP contribution in [0.5, 0.6) is 0 Å². The third-order valence-electron chi connectivity index (χ3n) is 4.67. The number of aliphatic hydroxyl groups is 1. The fourth-order valence-electron chi connectivity index (χ4n) is 2.89. The lowest BCUT2D eigenvalue weighted by atomic mass is 10.1. The molecule has 0 spiro atoms. The first-order chi connectivity index (χ1) is 14.3. The maximum absolute atomic E-state index is 12.7. The molecule has 0 unspecified atom stereocenters. The van der Waals surface area contributed by atoms with Crippen LogP contribution >= 0.6 is 11.8 Å². The van der Waals surface area contributed by atoms with Crippen molar-refractivity contribution < 1.29 is 18.3 Å². The van der Waals surface area contributed by atoms with Gasteiger partial charge in [-0.15, -0.1) is 11.8 Å². The molecule has 0 saturated carbocycles. The lowest BCUT2D eigenvalue weighted by Gasteiger charge is -2.19. The number of sulfonamides is 1. The Morgan fingerprint density at radius 2 is 1.63 bits per heavy atom. The zero-order chi connectivity index (χ0) is 22.0. The molecule has 0 bridgehead atoms. The zero-order valence-corrected chi connectivity index (χ0v) is 19.1. The molecular weight excluding hydrogens is 420 g/mol. The van der Waals surface area contributed by atoms with Crippen molar-refractivity contribution in [3.63, 3.8) is 0 Å². The van der Waals surface area contributed by atoms with Crippen molar-refractivity contribution in [1.82, 2.24) is 0 Å². The Bertz CT molecular complexity index is 915. The number of rotatable bonds is 12. The van der Waals surface area contributed by atoms with Gasteiger partial charge in [-0.05, 0) is 55.0 Å². The molecular formula is C22H30N2O4S2. The number of carbonyl (C=O) groups is 1. The highest BCUT2D eigenvalue weighted by Gasteiger charge is 2.19. The molecule has 6 nitrogen and oxygen atoms in total. The van der Waals surface area contributed by atoms with Crippen LogP contribution in [0.4, 0.5) is 11.4 Å². The van der Waals surface area contributed by atoms with Crippen LogP contribution in [0.1, 0.15) is 42.5 Å². The monoisotopic (exact) mass is 450 g/mol. The van der Waals surface area contributed by atoms with E-state index in [-0.39, 0.29) is 12.5 Å². The van der Waals surface area contributed by atoms with Crippen LogP contribution < -0.4 is 9.62 Å². The minimum atomic E-state index is -3.47. The molecule has 0 fully saturated rings. The van der Waals surface area contributed by atoms with Gasteiger partial charge in [-0.2, -0.15) is 0 Å². The Labute approximate surface area is 183 Å². The summed E-state index contributed by atoms with van der Waals surface area (Å²) in [6.45, 7) is 0.275. The van der Waals surface area contributed by atoms with Crippen LogP contribution in [0, 0.1) is 0 Å². The summed E-state index contributed by atoms with van der Waals surface area (Å²) in [5.74, 6) is 0.681. The number of hydrogen-bond acceptors (Lipinski definition) is 5. The molecule has 2 rings (SSSR count). The molecule has 2 aromatic rings. The van der Waals surface area contributed by atoms with Gasteiger partial charge >= 0.3 is 0 Å². The second kappa shape index (κ2) is 12.0. The summed E-state index contributed by atoms with van der Waals surface area (Å²) in [6.07, 6.45) is 6.53. The molecule has 0 saturated heterocycles. The first kappa shape index (κ1) is 24.2. The van der Waals surface area contributed by atoms with E-state index in [4.69, 9.17) is 5.11 Å². The van der Waals surface area contributed by atoms with E-state index in [2.05, 4.69) is 5.32 Å². The number of nitrogens with one attached hydrogen (secondary N) is 1. The maximum atomic E-state index is 12.7. The zero-order valence-electron chi connectivity index (χ0n) is 17.5. The van der Waals surface area contributed by atoms with Gasteiger partial charge in [-0.1, -0.05) is 31.4 Å². The van der Waals surface area contributed by atoms with E-state index in [1.54, 1.807) is 36.0 Å². The predicted octanol–water partition coefficient (Wildman–Crippen LogP) is 4.37. The second-order valence-corrected chi connectivity index (χ2v) is 10.2. The molecule has 0 aliphatic carbocycles. The molecule has 0 aliphatic rings. The molecule has 164 valence electrons. The van der Waals surface area contributed by atoms with Gasteiger partial charge in [0.15, 0.2) is 0 Å². The molecule has 8 heteroatoms. The molecule has 2 aromatic carbocycles. The Kier molecular flexibility index (Phi) is 9.68. The van der Waals surface area contributed by atoms with Crippen LogP contribution in [0.15, 0.2) is 53.4 Å². The number of nitrogens with zero attached hydrogens (tertiary/aromatic N) is 1. The van der Waals surface area contributed by atoms with E-state index in [1.807, 2.05) is 24.3 Å². The maximum Gasteiger partial charge on any atom is 0.257 e. The van der Waals surface area contributed by atoms with Crippen LogP contribution in [-0.2, 0) is 10.0 Å². The van der Waals surface area contributed by atoms with E-state index in [9.17, 15) is 13.2 Å². The van der Waals surface area contributed by atoms with Gasteiger partial charge in [0.1, 0.15) is 0 Å². The van der Waals surface area contributed by atoms with Gasteiger partial charge < -0.3 is 10.4 Å². The molecule has 0 aromatic heterocycles. The van der Waals surface area contributed by atoms with E-state index in [1.165, 1.54) is 13.5 Å². The number of para-hydroxylation sites is 1. The Hall–Kier alpha value is -2.03. The smallest absolute Gasteiger partial charge is 0.257 e. The normalized spacial score (nSPS) is 11.3.